The Balaban J connectivity index is 1.74. The van der Waals surface area contributed by atoms with Gasteiger partial charge < -0.3 is 15.5 Å². The van der Waals surface area contributed by atoms with Crippen LogP contribution in [0.1, 0.15) is 54.7 Å². The number of nitrogens with zero attached hydrogens (tertiary/aromatic N) is 2. The molecule has 0 bridgehead atoms. The van der Waals surface area contributed by atoms with Crippen molar-refractivity contribution in [2.45, 2.75) is 38.6 Å². The molecule has 2 aliphatic heterocycles. The number of halogens is 1. The van der Waals surface area contributed by atoms with Crippen molar-refractivity contribution < 1.29 is 9.18 Å². The number of amides is 1. The van der Waals surface area contributed by atoms with Gasteiger partial charge in [-0.2, -0.15) is 0 Å². The van der Waals surface area contributed by atoms with Gasteiger partial charge in [0.1, 0.15) is 5.82 Å². The topological polar surface area (TPSA) is 57.3 Å². The first-order valence-corrected chi connectivity index (χ1v) is 10.8. The number of fused-ring (bicyclic) bond motifs is 1. The Kier molecular flexibility index (Phi) is 5.86. The van der Waals surface area contributed by atoms with E-state index >= 15 is 0 Å². The number of hydrogen-bond donors (Lipinski definition) is 2. The van der Waals surface area contributed by atoms with Gasteiger partial charge in [0.05, 0.1) is 16.8 Å². The molecule has 0 saturated carbocycles. The zero-order valence-corrected chi connectivity index (χ0v) is 17.7. The highest BCUT2D eigenvalue weighted by Gasteiger charge is 2.34. The Hall–Kier alpha value is -2.73. The van der Waals surface area contributed by atoms with Crippen LogP contribution < -0.4 is 10.6 Å². The number of rotatable bonds is 4. The van der Waals surface area contributed by atoms with Crippen LogP contribution in [0.25, 0.3) is 5.57 Å². The van der Waals surface area contributed by atoms with E-state index in [1.807, 2.05) is 32.0 Å². The first-order valence-electron chi connectivity index (χ1n) is 10.8. The summed E-state index contributed by atoms with van der Waals surface area (Å²) in [5, 5.41) is 7.13. The minimum atomic E-state index is -0.270. The molecule has 1 spiro atoms. The number of hydrogen-bond acceptors (Lipinski definition) is 4. The van der Waals surface area contributed by atoms with E-state index in [2.05, 4.69) is 21.7 Å². The van der Waals surface area contributed by atoms with Gasteiger partial charge >= 0.3 is 0 Å². The van der Waals surface area contributed by atoms with Crippen LogP contribution in [0, 0.1) is 5.82 Å². The standard InChI is InChI=1S/C24H29FN4O/c1-3-29(4-2)23(30)17-6-8-21(27-16-17)20-15-24(10-5-12-26-13-11-24)28-22-9-7-18(25)14-19(20)22/h6-9,14-16,26,28H,3-5,10-13H2,1-2H3. The molecule has 2 N–H and O–H groups in total. The lowest BCUT2D eigenvalue weighted by molar-refractivity contribution is 0.0772. The maximum absolute atomic E-state index is 14.1. The average Bonchev–Trinajstić information content (AvgIpc) is 3.00. The zero-order chi connectivity index (χ0) is 21.1. The van der Waals surface area contributed by atoms with E-state index in [9.17, 15) is 9.18 Å². The second-order valence-electron chi connectivity index (χ2n) is 8.04. The second kappa shape index (κ2) is 8.56. The molecule has 1 unspecified atom stereocenters. The van der Waals surface area contributed by atoms with Gasteiger partial charge in [-0.15, -0.1) is 0 Å². The van der Waals surface area contributed by atoms with Gasteiger partial charge in [0.15, 0.2) is 0 Å². The Labute approximate surface area is 177 Å². The van der Waals surface area contributed by atoms with Crippen LogP contribution in [-0.2, 0) is 0 Å². The van der Waals surface area contributed by atoms with Crippen LogP contribution in [0.2, 0.25) is 0 Å². The van der Waals surface area contributed by atoms with Crippen LogP contribution in [0.3, 0.4) is 0 Å². The molecule has 1 aromatic heterocycles. The summed E-state index contributed by atoms with van der Waals surface area (Å²) in [6, 6.07) is 8.58. The summed E-state index contributed by atoms with van der Waals surface area (Å²) in [7, 11) is 0. The third-order valence-corrected chi connectivity index (χ3v) is 6.14. The molecule has 1 fully saturated rings. The van der Waals surface area contributed by atoms with Gasteiger partial charge in [0.2, 0.25) is 0 Å². The molecular formula is C24H29FN4O. The van der Waals surface area contributed by atoms with Crippen molar-refractivity contribution >= 4 is 17.2 Å². The van der Waals surface area contributed by atoms with Gasteiger partial charge in [-0.05, 0) is 82.6 Å². The van der Waals surface area contributed by atoms with E-state index in [0.717, 1.165) is 54.9 Å². The van der Waals surface area contributed by atoms with Crippen molar-refractivity contribution in [3.05, 3.63) is 65.2 Å². The molecule has 1 aromatic carbocycles. The fourth-order valence-corrected chi connectivity index (χ4v) is 4.45. The van der Waals surface area contributed by atoms with Crippen molar-refractivity contribution in [2.75, 3.05) is 31.5 Å². The zero-order valence-electron chi connectivity index (χ0n) is 17.7. The fourth-order valence-electron chi connectivity index (χ4n) is 4.45. The molecule has 2 aromatic rings. The van der Waals surface area contributed by atoms with E-state index in [-0.39, 0.29) is 17.3 Å². The van der Waals surface area contributed by atoms with Gasteiger partial charge in [0.25, 0.3) is 5.91 Å². The summed E-state index contributed by atoms with van der Waals surface area (Å²) >= 11 is 0. The van der Waals surface area contributed by atoms with Gasteiger partial charge in [-0.3, -0.25) is 9.78 Å². The minimum absolute atomic E-state index is 0.0175. The highest BCUT2D eigenvalue weighted by atomic mass is 19.1. The molecule has 1 saturated heterocycles. The molecule has 0 aliphatic carbocycles. The predicted octanol–water partition coefficient (Wildman–Crippen LogP) is 4.07. The SMILES string of the molecule is CCN(CC)C(=O)c1ccc(C2=CC3(CCCNCC3)Nc3ccc(F)cc32)nc1. The average molecular weight is 409 g/mol. The first-order chi connectivity index (χ1) is 14.5. The largest absolute Gasteiger partial charge is 0.376 e. The summed E-state index contributed by atoms with van der Waals surface area (Å²) in [5.41, 5.74) is 3.82. The monoisotopic (exact) mass is 408 g/mol. The maximum Gasteiger partial charge on any atom is 0.255 e. The summed E-state index contributed by atoms with van der Waals surface area (Å²) in [4.78, 5) is 19.0. The summed E-state index contributed by atoms with van der Waals surface area (Å²) in [6.07, 6.45) is 6.87. The summed E-state index contributed by atoms with van der Waals surface area (Å²) < 4.78 is 14.1. The van der Waals surface area contributed by atoms with Crippen LogP contribution >= 0.6 is 0 Å². The lowest BCUT2D eigenvalue weighted by Gasteiger charge is -2.37. The molecule has 2 aliphatic rings. The Morgan fingerprint density at radius 2 is 2.00 bits per heavy atom. The molecule has 0 radical (unpaired) electrons. The molecule has 5 nitrogen and oxygen atoms in total. The number of benzene rings is 1. The molecule has 1 atom stereocenters. The summed E-state index contributed by atoms with van der Waals surface area (Å²) in [5.74, 6) is -0.288. The van der Waals surface area contributed by atoms with E-state index in [1.54, 1.807) is 17.2 Å². The number of anilines is 1. The van der Waals surface area contributed by atoms with Crippen LogP contribution in [0.15, 0.2) is 42.6 Å². The summed E-state index contributed by atoms with van der Waals surface area (Å²) in [6.45, 7) is 7.20. The van der Waals surface area contributed by atoms with Crippen LogP contribution in [0.5, 0.6) is 0 Å². The van der Waals surface area contributed by atoms with E-state index in [1.165, 1.54) is 6.07 Å². The van der Waals surface area contributed by atoms with Crippen molar-refractivity contribution in [3.63, 3.8) is 0 Å². The van der Waals surface area contributed by atoms with Crippen molar-refractivity contribution in [3.8, 4) is 0 Å². The fraction of sp³-hybridized carbons (Fsp3) is 0.417. The predicted molar refractivity (Wildman–Crippen MR) is 118 cm³/mol. The van der Waals surface area contributed by atoms with E-state index < -0.39 is 0 Å². The molecule has 6 heteroatoms. The van der Waals surface area contributed by atoms with Gasteiger partial charge in [0, 0.05) is 36.1 Å². The normalized spacial score (nSPS) is 20.7. The molecule has 1 amide bonds. The smallest absolute Gasteiger partial charge is 0.255 e. The van der Waals surface area contributed by atoms with Crippen LogP contribution in [0.4, 0.5) is 10.1 Å². The highest BCUT2D eigenvalue weighted by Crippen LogP contribution is 2.40. The molecule has 3 heterocycles. The third kappa shape index (κ3) is 3.97. The number of carbonyl (C=O) groups excluding carboxylic acids is 1. The van der Waals surface area contributed by atoms with Crippen molar-refractivity contribution in [2.24, 2.45) is 0 Å². The molecule has 4 rings (SSSR count). The van der Waals surface area contributed by atoms with Crippen molar-refractivity contribution in [1.29, 1.82) is 0 Å². The Morgan fingerprint density at radius 3 is 2.73 bits per heavy atom. The maximum atomic E-state index is 14.1. The number of carbonyl (C=O) groups is 1. The molecule has 158 valence electrons. The molecular weight excluding hydrogens is 379 g/mol. The first kappa shape index (κ1) is 20.5. The van der Waals surface area contributed by atoms with Crippen LogP contribution in [-0.4, -0.2) is 47.5 Å². The second-order valence-corrected chi connectivity index (χ2v) is 8.04. The lowest BCUT2D eigenvalue weighted by Crippen LogP contribution is -2.39. The Bertz CT molecular complexity index is 942. The quantitative estimate of drug-likeness (QED) is 0.801. The minimum Gasteiger partial charge on any atom is -0.376 e. The molecule has 30 heavy (non-hydrogen) atoms. The van der Waals surface area contributed by atoms with E-state index in [0.29, 0.717) is 18.7 Å². The van der Waals surface area contributed by atoms with Gasteiger partial charge in [-0.25, -0.2) is 4.39 Å². The van der Waals surface area contributed by atoms with Gasteiger partial charge in [-0.1, -0.05) is 0 Å². The number of pyridine rings is 1. The highest BCUT2D eigenvalue weighted by molar-refractivity contribution is 5.95. The van der Waals surface area contributed by atoms with E-state index in [4.69, 9.17) is 0 Å². The number of aromatic nitrogens is 1. The lowest BCUT2D eigenvalue weighted by atomic mass is 9.81. The van der Waals surface area contributed by atoms with Crippen molar-refractivity contribution in [1.82, 2.24) is 15.2 Å². The third-order valence-electron chi connectivity index (χ3n) is 6.14. The number of nitrogens with one attached hydrogen (secondary N) is 2. The Morgan fingerprint density at radius 1 is 1.17 bits per heavy atom.